The number of hydrogen-bond donors (Lipinski definition) is 1. The van der Waals surface area contributed by atoms with Gasteiger partial charge in [0.15, 0.2) is 5.43 Å². The van der Waals surface area contributed by atoms with Crippen LogP contribution in [-0.2, 0) is 6.42 Å². The van der Waals surface area contributed by atoms with E-state index in [0.717, 1.165) is 39.9 Å². The molecule has 1 aliphatic heterocycles. The fraction of sp³-hybridized carbons (Fsp3) is 0.259. The van der Waals surface area contributed by atoms with Gasteiger partial charge in [-0.3, -0.25) is 4.79 Å². The monoisotopic (exact) mass is 429 g/mol. The maximum atomic E-state index is 13.9. The van der Waals surface area contributed by atoms with Crippen molar-refractivity contribution in [2.24, 2.45) is 5.41 Å². The van der Waals surface area contributed by atoms with Gasteiger partial charge in [-0.25, -0.2) is 9.18 Å². The third-order valence-corrected chi connectivity index (χ3v) is 6.71. The van der Waals surface area contributed by atoms with E-state index in [-0.39, 0.29) is 22.8 Å². The first-order valence-electron chi connectivity index (χ1n) is 10.7. The summed E-state index contributed by atoms with van der Waals surface area (Å²) in [6.07, 6.45) is 2.88. The highest BCUT2D eigenvalue weighted by Gasteiger charge is 2.38. The fourth-order valence-corrected chi connectivity index (χ4v) is 5.14. The first-order valence-corrected chi connectivity index (χ1v) is 10.7. The highest BCUT2D eigenvalue weighted by atomic mass is 19.1. The number of rotatable bonds is 2. The van der Waals surface area contributed by atoms with E-state index in [0.29, 0.717) is 6.42 Å². The molecule has 1 N–H and O–H groups in total. The molecule has 3 aromatic rings. The van der Waals surface area contributed by atoms with Crippen LogP contribution in [0.25, 0.3) is 22.3 Å². The van der Waals surface area contributed by atoms with Gasteiger partial charge in [0.1, 0.15) is 11.4 Å². The molecule has 1 aromatic heterocycles. The van der Waals surface area contributed by atoms with Crippen LogP contribution in [0.5, 0.6) is 0 Å². The molecule has 0 saturated heterocycles. The molecule has 1 atom stereocenters. The molecule has 5 heteroatoms. The smallest absolute Gasteiger partial charge is 0.341 e. The molecule has 2 aromatic carbocycles. The summed E-state index contributed by atoms with van der Waals surface area (Å²) >= 11 is 0. The van der Waals surface area contributed by atoms with Crippen LogP contribution >= 0.6 is 0 Å². The number of fused-ring (bicyclic) bond motifs is 4. The molecule has 32 heavy (non-hydrogen) atoms. The van der Waals surface area contributed by atoms with Crippen LogP contribution in [0.4, 0.5) is 4.39 Å². The molecule has 0 radical (unpaired) electrons. The van der Waals surface area contributed by atoms with E-state index in [1.54, 1.807) is 12.1 Å². The Morgan fingerprint density at radius 1 is 1.06 bits per heavy atom. The Hall–Kier alpha value is -3.47. The summed E-state index contributed by atoms with van der Waals surface area (Å²) in [7, 11) is 0. The topological polar surface area (TPSA) is 59.3 Å². The number of carboxylic acid groups (broad SMARTS) is 1. The van der Waals surface area contributed by atoms with Gasteiger partial charge in [0.25, 0.3) is 0 Å². The predicted molar refractivity (Wildman–Crippen MR) is 123 cm³/mol. The fourth-order valence-electron chi connectivity index (χ4n) is 5.14. The molecule has 0 spiro atoms. The highest BCUT2D eigenvalue weighted by Crippen LogP contribution is 2.51. The van der Waals surface area contributed by atoms with Crippen LogP contribution < -0.4 is 5.43 Å². The van der Waals surface area contributed by atoms with E-state index in [2.05, 4.69) is 26.8 Å². The number of aromatic carboxylic acids is 1. The van der Waals surface area contributed by atoms with E-state index in [1.165, 1.54) is 23.9 Å². The summed E-state index contributed by atoms with van der Waals surface area (Å²) in [4.78, 5) is 24.3. The average Bonchev–Trinajstić information content (AvgIpc) is 3.11. The Labute approximate surface area is 185 Å². The molecule has 5 rings (SSSR count). The molecule has 162 valence electrons. The first kappa shape index (κ1) is 20.4. The number of nitrogens with zero attached hydrogens (tertiary/aromatic N) is 1. The second-order valence-corrected chi connectivity index (χ2v) is 9.71. The van der Waals surface area contributed by atoms with E-state index in [4.69, 9.17) is 0 Å². The van der Waals surface area contributed by atoms with Crippen molar-refractivity contribution >= 4 is 17.1 Å². The minimum absolute atomic E-state index is 0.00118. The summed E-state index contributed by atoms with van der Waals surface area (Å²) in [5.41, 5.74) is 6.26. The van der Waals surface area contributed by atoms with Crippen molar-refractivity contribution in [1.29, 1.82) is 0 Å². The molecular formula is C27H24FNO3. The lowest BCUT2D eigenvalue weighted by Gasteiger charge is -2.39. The predicted octanol–water partition coefficient (Wildman–Crippen LogP) is 5.81. The van der Waals surface area contributed by atoms with Crippen molar-refractivity contribution < 1.29 is 14.3 Å². The Kier molecular flexibility index (Phi) is 4.48. The lowest BCUT2D eigenvalue weighted by atomic mass is 9.78. The van der Waals surface area contributed by atoms with Gasteiger partial charge in [-0.15, -0.1) is 0 Å². The van der Waals surface area contributed by atoms with Crippen LogP contribution in [-0.4, -0.2) is 15.6 Å². The quantitative estimate of drug-likeness (QED) is 0.559. The highest BCUT2D eigenvalue weighted by molar-refractivity contribution is 6.00. The summed E-state index contributed by atoms with van der Waals surface area (Å²) in [5, 5.41) is 9.51. The van der Waals surface area contributed by atoms with Crippen LogP contribution in [0, 0.1) is 11.2 Å². The molecule has 0 saturated carbocycles. The van der Waals surface area contributed by atoms with Crippen molar-refractivity contribution in [1.82, 2.24) is 4.57 Å². The van der Waals surface area contributed by atoms with Crippen LogP contribution in [0.1, 0.15) is 60.4 Å². The molecule has 4 nitrogen and oxygen atoms in total. The van der Waals surface area contributed by atoms with Gasteiger partial charge < -0.3 is 9.67 Å². The van der Waals surface area contributed by atoms with E-state index >= 15 is 0 Å². The number of carboxylic acids is 1. The molecule has 2 heterocycles. The Balaban J connectivity index is 1.72. The van der Waals surface area contributed by atoms with E-state index in [1.807, 2.05) is 22.8 Å². The third-order valence-electron chi connectivity index (χ3n) is 6.71. The number of allylic oxidation sites excluding steroid dienone is 2. The Morgan fingerprint density at radius 3 is 2.47 bits per heavy atom. The SMILES string of the molecule is CC(C)(C)[C@@H]1CC2=C(Cc3c2cccc3-c2cccc(F)c2)c2cc(=O)c(C(=O)O)cn21. The Bertz CT molecular complexity index is 1370. The van der Waals surface area contributed by atoms with Crippen molar-refractivity contribution in [3.63, 3.8) is 0 Å². The summed E-state index contributed by atoms with van der Waals surface area (Å²) in [5.74, 6) is -1.48. The molecular weight excluding hydrogens is 405 g/mol. The summed E-state index contributed by atoms with van der Waals surface area (Å²) < 4.78 is 15.9. The standard InChI is InChI=1S/C27H24FNO3/c1-27(2,3)25-12-20-18-9-5-8-17(15-6-4-7-16(28)10-15)19(18)11-21(20)23-13-24(30)22(26(31)32)14-29(23)25/h4-10,13-14,25H,11-12H2,1-3H3,(H,31,32)/t25-/m0/s1. The lowest BCUT2D eigenvalue weighted by molar-refractivity contribution is 0.0693. The molecule has 0 unspecified atom stereocenters. The van der Waals surface area contributed by atoms with Gasteiger partial charge >= 0.3 is 5.97 Å². The lowest BCUT2D eigenvalue weighted by Crippen LogP contribution is -2.32. The molecule has 0 amide bonds. The molecule has 0 bridgehead atoms. The van der Waals surface area contributed by atoms with Gasteiger partial charge in [-0.1, -0.05) is 51.1 Å². The largest absolute Gasteiger partial charge is 0.477 e. The number of hydrogen-bond acceptors (Lipinski definition) is 2. The third kappa shape index (κ3) is 3.11. The van der Waals surface area contributed by atoms with Crippen molar-refractivity contribution in [2.45, 2.75) is 39.7 Å². The van der Waals surface area contributed by atoms with Gasteiger partial charge in [-0.2, -0.15) is 0 Å². The van der Waals surface area contributed by atoms with Gasteiger partial charge in [0, 0.05) is 30.4 Å². The van der Waals surface area contributed by atoms with Crippen molar-refractivity contribution in [2.75, 3.05) is 0 Å². The number of pyridine rings is 1. The number of benzene rings is 2. The van der Waals surface area contributed by atoms with Gasteiger partial charge in [0.2, 0.25) is 0 Å². The van der Waals surface area contributed by atoms with Gasteiger partial charge in [0.05, 0.1) is 0 Å². The average molecular weight is 429 g/mol. The van der Waals surface area contributed by atoms with E-state index < -0.39 is 11.4 Å². The van der Waals surface area contributed by atoms with Crippen molar-refractivity contribution in [3.8, 4) is 11.1 Å². The summed E-state index contributed by atoms with van der Waals surface area (Å²) in [6, 6.07) is 14.2. The van der Waals surface area contributed by atoms with E-state index in [9.17, 15) is 19.1 Å². The number of carbonyl (C=O) groups is 1. The van der Waals surface area contributed by atoms with Crippen LogP contribution in [0.15, 0.2) is 59.5 Å². The van der Waals surface area contributed by atoms with Crippen molar-refractivity contribution in [3.05, 3.63) is 93.2 Å². The maximum Gasteiger partial charge on any atom is 0.341 e. The van der Waals surface area contributed by atoms with Crippen LogP contribution in [0.2, 0.25) is 0 Å². The Morgan fingerprint density at radius 2 is 1.78 bits per heavy atom. The number of aromatic nitrogens is 1. The molecule has 0 fully saturated rings. The maximum absolute atomic E-state index is 13.9. The molecule has 2 aliphatic rings. The van der Waals surface area contributed by atoms with Gasteiger partial charge in [-0.05, 0) is 57.4 Å². The zero-order chi connectivity index (χ0) is 22.8. The normalized spacial score (nSPS) is 17.1. The first-order chi connectivity index (χ1) is 15.1. The second-order valence-electron chi connectivity index (χ2n) is 9.71. The number of halogens is 1. The minimum atomic E-state index is -1.21. The zero-order valence-electron chi connectivity index (χ0n) is 18.3. The zero-order valence-corrected chi connectivity index (χ0v) is 18.3. The summed E-state index contributed by atoms with van der Waals surface area (Å²) in [6.45, 7) is 6.39. The minimum Gasteiger partial charge on any atom is -0.477 e. The molecule has 1 aliphatic carbocycles. The second kappa shape index (κ2) is 7.02. The van der Waals surface area contributed by atoms with Crippen LogP contribution in [0.3, 0.4) is 0 Å².